The minimum absolute atomic E-state index is 0. The quantitative estimate of drug-likeness (QED) is 0.780. The van der Waals surface area contributed by atoms with Gasteiger partial charge in [0.25, 0.3) is 0 Å². The Morgan fingerprint density at radius 2 is 2.25 bits per heavy atom. The van der Waals surface area contributed by atoms with Crippen molar-refractivity contribution < 1.29 is 8.42 Å². The van der Waals surface area contributed by atoms with Gasteiger partial charge in [-0.1, -0.05) is 0 Å². The monoisotopic (exact) mass is 263 g/mol. The van der Waals surface area contributed by atoms with Crippen LogP contribution in [0.1, 0.15) is 12.1 Å². The molecule has 1 aromatic heterocycles. The molecule has 7 heteroatoms. The van der Waals surface area contributed by atoms with E-state index in [9.17, 15) is 8.42 Å². The van der Waals surface area contributed by atoms with Crippen LogP contribution in [0.4, 0.5) is 0 Å². The lowest BCUT2D eigenvalue weighted by Gasteiger charge is -2.08. The minimum Gasteiger partial charge on any atom is -0.315 e. The smallest absolute Gasteiger partial charge is 0.247 e. The average Bonchev–Trinajstić information content (AvgIpc) is 2.71. The molecule has 0 aliphatic carbocycles. The van der Waals surface area contributed by atoms with Gasteiger partial charge in [-0.2, -0.15) is 0 Å². The van der Waals surface area contributed by atoms with E-state index in [2.05, 4.69) is 15.3 Å². The van der Waals surface area contributed by atoms with Crippen molar-refractivity contribution in [1.29, 1.82) is 0 Å². The van der Waals surface area contributed by atoms with Crippen molar-refractivity contribution >= 4 is 22.2 Å². The zero-order chi connectivity index (χ0) is 10.9. The van der Waals surface area contributed by atoms with E-state index in [1.165, 1.54) is 6.20 Å². The van der Waals surface area contributed by atoms with Crippen molar-refractivity contribution in [3.05, 3.63) is 18.0 Å². The molecule has 0 amide bonds. The van der Waals surface area contributed by atoms with Crippen LogP contribution in [0.5, 0.6) is 0 Å². The fraction of sp³-hybridized carbons (Fsp3) is 0.556. The molecule has 1 aromatic rings. The molecular formula is C9H14ClN3O2S. The van der Waals surface area contributed by atoms with Crippen LogP contribution in [0.3, 0.4) is 0 Å². The van der Waals surface area contributed by atoms with Gasteiger partial charge in [0.05, 0.1) is 5.25 Å². The topological polar surface area (TPSA) is 72.0 Å². The number of aryl methyl sites for hydroxylation is 1. The Hall–Kier alpha value is -0.720. The summed E-state index contributed by atoms with van der Waals surface area (Å²) in [5.74, 6) is 0. The number of hydrogen-bond acceptors (Lipinski definition) is 5. The Balaban J connectivity index is 0.00000128. The van der Waals surface area contributed by atoms with Crippen molar-refractivity contribution in [2.24, 2.45) is 0 Å². The lowest BCUT2D eigenvalue weighted by molar-refractivity contribution is 0.573. The molecular weight excluding hydrogens is 250 g/mol. The second-order valence-electron chi connectivity index (χ2n) is 3.64. The SMILES string of the molecule is Cc1ccnc(S(=O)(=O)[C@@H]2CCNC2)n1.Cl. The zero-order valence-corrected chi connectivity index (χ0v) is 10.5. The van der Waals surface area contributed by atoms with Gasteiger partial charge >= 0.3 is 0 Å². The third-order valence-electron chi connectivity index (χ3n) is 2.48. The lowest BCUT2D eigenvalue weighted by atomic mass is 10.4. The summed E-state index contributed by atoms with van der Waals surface area (Å²) < 4.78 is 24.0. The van der Waals surface area contributed by atoms with Crippen molar-refractivity contribution in [2.75, 3.05) is 13.1 Å². The summed E-state index contributed by atoms with van der Waals surface area (Å²) in [5.41, 5.74) is 0.675. The molecule has 5 nitrogen and oxygen atoms in total. The maximum atomic E-state index is 12.0. The number of nitrogens with zero attached hydrogens (tertiary/aromatic N) is 2. The molecule has 1 fully saturated rings. The number of hydrogen-bond donors (Lipinski definition) is 1. The standard InChI is InChI=1S/C9H13N3O2S.ClH/c1-7-2-5-11-9(12-7)15(13,14)8-3-4-10-6-8;/h2,5,8,10H,3-4,6H2,1H3;1H/t8-;/m1./s1. The summed E-state index contributed by atoms with van der Waals surface area (Å²) >= 11 is 0. The summed E-state index contributed by atoms with van der Waals surface area (Å²) in [6.07, 6.45) is 2.12. The number of sulfone groups is 1. The van der Waals surface area contributed by atoms with E-state index in [-0.39, 0.29) is 22.8 Å². The molecule has 0 unspecified atom stereocenters. The minimum atomic E-state index is -3.35. The Labute approximate surface area is 101 Å². The summed E-state index contributed by atoms with van der Waals surface area (Å²) in [4.78, 5) is 7.79. The first-order valence-corrected chi connectivity index (χ1v) is 6.39. The highest BCUT2D eigenvalue weighted by atomic mass is 35.5. The van der Waals surface area contributed by atoms with Crippen molar-refractivity contribution in [3.8, 4) is 0 Å². The van der Waals surface area contributed by atoms with Gasteiger partial charge in [-0.05, 0) is 26.0 Å². The van der Waals surface area contributed by atoms with Gasteiger partial charge in [-0.3, -0.25) is 0 Å². The van der Waals surface area contributed by atoms with Crippen LogP contribution in [0, 0.1) is 6.92 Å². The van der Waals surface area contributed by atoms with Crippen LogP contribution in [-0.2, 0) is 9.84 Å². The van der Waals surface area contributed by atoms with E-state index in [4.69, 9.17) is 0 Å². The van der Waals surface area contributed by atoms with Crippen molar-refractivity contribution in [3.63, 3.8) is 0 Å². The average molecular weight is 264 g/mol. The van der Waals surface area contributed by atoms with Crippen LogP contribution >= 0.6 is 12.4 Å². The predicted octanol–water partition coefficient (Wildman–Crippen LogP) is 0.342. The normalized spacial score (nSPS) is 20.4. The number of nitrogens with one attached hydrogen (secondary N) is 1. The molecule has 1 saturated heterocycles. The first-order chi connectivity index (χ1) is 7.10. The lowest BCUT2D eigenvalue weighted by Crippen LogP contribution is -2.25. The fourth-order valence-corrected chi connectivity index (χ4v) is 3.15. The van der Waals surface area contributed by atoms with Crippen LogP contribution in [0.15, 0.2) is 17.4 Å². The van der Waals surface area contributed by atoms with Gasteiger partial charge in [-0.25, -0.2) is 18.4 Å². The molecule has 0 radical (unpaired) electrons. The molecule has 1 N–H and O–H groups in total. The van der Waals surface area contributed by atoms with Crippen LogP contribution in [0.2, 0.25) is 0 Å². The number of halogens is 1. The first-order valence-electron chi connectivity index (χ1n) is 4.85. The predicted molar refractivity (Wildman–Crippen MR) is 62.5 cm³/mol. The van der Waals surface area contributed by atoms with E-state index in [1.54, 1.807) is 13.0 Å². The fourth-order valence-electron chi connectivity index (χ4n) is 1.61. The summed E-state index contributed by atoms with van der Waals surface area (Å²) in [5, 5.41) is 2.61. The highest BCUT2D eigenvalue weighted by molar-refractivity contribution is 7.91. The largest absolute Gasteiger partial charge is 0.315 e. The zero-order valence-electron chi connectivity index (χ0n) is 8.88. The maximum absolute atomic E-state index is 12.0. The number of rotatable bonds is 2. The second-order valence-corrected chi connectivity index (χ2v) is 5.76. The van der Waals surface area contributed by atoms with Crippen molar-refractivity contribution in [1.82, 2.24) is 15.3 Å². The van der Waals surface area contributed by atoms with E-state index >= 15 is 0 Å². The van der Waals surface area contributed by atoms with E-state index < -0.39 is 9.84 Å². The van der Waals surface area contributed by atoms with Gasteiger partial charge in [0.15, 0.2) is 0 Å². The molecule has 0 aromatic carbocycles. The highest BCUT2D eigenvalue weighted by Crippen LogP contribution is 2.16. The maximum Gasteiger partial charge on any atom is 0.247 e. The molecule has 0 saturated carbocycles. The van der Waals surface area contributed by atoms with Gasteiger partial charge in [-0.15, -0.1) is 12.4 Å². The van der Waals surface area contributed by atoms with Gasteiger partial charge in [0.2, 0.25) is 15.0 Å². The summed E-state index contributed by atoms with van der Waals surface area (Å²) in [6, 6.07) is 1.69. The second kappa shape index (κ2) is 5.07. The summed E-state index contributed by atoms with van der Waals surface area (Å²) in [6.45, 7) is 3.00. The molecule has 1 atom stereocenters. The van der Waals surface area contributed by atoms with E-state index in [1.807, 2.05) is 0 Å². The molecule has 0 spiro atoms. The van der Waals surface area contributed by atoms with Crippen LogP contribution in [0.25, 0.3) is 0 Å². The molecule has 1 aliphatic heterocycles. The van der Waals surface area contributed by atoms with Gasteiger partial charge < -0.3 is 5.32 Å². The van der Waals surface area contributed by atoms with E-state index in [0.29, 0.717) is 18.7 Å². The number of aromatic nitrogens is 2. The Bertz CT molecular complexity index is 458. The summed E-state index contributed by atoms with van der Waals surface area (Å²) in [7, 11) is -3.35. The third kappa shape index (κ3) is 2.50. The van der Waals surface area contributed by atoms with Crippen LogP contribution < -0.4 is 5.32 Å². The van der Waals surface area contributed by atoms with Crippen LogP contribution in [-0.4, -0.2) is 36.7 Å². The third-order valence-corrected chi connectivity index (χ3v) is 4.47. The van der Waals surface area contributed by atoms with Gasteiger partial charge in [0, 0.05) is 18.4 Å². The molecule has 1 aliphatic rings. The highest BCUT2D eigenvalue weighted by Gasteiger charge is 2.32. The Kier molecular flexibility index (Phi) is 4.23. The first kappa shape index (κ1) is 13.3. The Morgan fingerprint density at radius 1 is 1.50 bits per heavy atom. The Morgan fingerprint density at radius 3 is 2.81 bits per heavy atom. The van der Waals surface area contributed by atoms with Gasteiger partial charge in [0.1, 0.15) is 0 Å². The molecule has 0 bridgehead atoms. The molecule has 90 valence electrons. The molecule has 2 heterocycles. The molecule has 16 heavy (non-hydrogen) atoms. The molecule has 2 rings (SSSR count). The van der Waals surface area contributed by atoms with E-state index in [0.717, 1.165) is 6.54 Å². The van der Waals surface area contributed by atoms with Crippen molar-refractivity contribution in [2.45, 2.75) is 23.8 Å².